The topological polar surface area (TPSA) is 111 Å². The summed E-state index contributed by atoms with van der Waals surface area (Å²) in [7, 11) is 0. The second-order valence-corrected chi connectivity index (χ2v) is 12.9. The number of rotatable bonds is 9. The number of alkyl halides is 3. The van der Waals surface area contributed by atoms with Gasteiger partial charge in [0.1, 0.15) is 11.9 Å². The molecule has 3 aromatic rings. The molecule has 4 N–H and O–H groups in total. The van der Waals surface area contributed by atoms with Crippen molar-refractivity contribution in [3.63, 3.8) is 0 Å². The Morgan fingerprint density at radius 3 is 2.38 bits per heavy atom. The van der Waals surface area contributed by atoms with E-state index in [9.17, 15) is 37.1 Å². The minimum absolute atomic E-state index is 0.0209. The molecule has 1 fully saturated rings. The number of thioether (sulfide) groups is 1. The maximum atomic E-state index is 13.8. The Morgan fingerprint density at radius 2 is 1.71 bits per heavy atom. The highest BCUT2D eigenvalue weighted by Gasteiger charge is 2.49. The molecule has 0 aliphatic carbocycles. The monoisotopic (exact) mass is 646 g/mol. The van der Waals surface area contributed by atoms with Crippen molar-refractivity contribution in [2.24, 2.45) is 0 Å². The first kappa shape index (κ1) is 33.8. The predicted octanol–water partition coefficient (Wildman–Crippen LogP) is 5.24. The number of amides is 4. The molecule has 1 aliphatic rings. The zero-order valence-electron chi connectivity index (χ0n) is 24.8. The fraction of sp³-hybridized carbons (Fsp3) is 0.344. The molecule has 1 heterocycles. The summed E-state index contributed by atoms with van der Waals surface area (Å²) >= 11 is 1.36. The third kappa shape index (κ3) is 8.34. The Labute approximate surface area is 262 Å². The van der Waals surface area contributed by atoms with Gasteiger partial charge in [-0.2, -0.15) is 13.2 Å². The number of aliphatic hydroxyl groups excluding tert-OH is 1. The SMILES string of the molecule is Cc1ccccc1CNC(=O)[C@H]1N(C(=O)[C@@H](O)[C@H](Cc2ccccc2)NC(=O)Nc2ccc(F)c(C(F)(F)F)c2)CSC1(C)C. The molecule has 0 unspecified atom stereocenters. The molecule has 13 heteroatoms. The normalized spacial score (nSPS) is 17.3. The van der Waals surface area contributed by atoms with Gasteiger partial charge in [-0.15, -0.1) is 11.8 Å². The van der Waals surface area contributed by atoms with Crippen LogP contribution in [-0.2, 0) is 28.7 Å². The Kier molecular flexibility index (Phi) is 10.4. The van der Waals surface area contributed by atoms with E-state index < -0.39 is 58.3 Å². The van der Waals surface area contributed by atoms with Gasteiger partial charge < -0.3 is 26.0 Å². The second-order valence-electron chi connectivity index (χ2n) is 11.3. The van der Waals surface area contributed by atoms with Gasteiger partial charge in [0.2, 0.25) is 5.91 Å². The summed E-state index contributed by atoms with van der Waals surface area (Å²) in [6, 6.07) is 15.0. The van der Waals surface area contributed by atoms with Crippen LogP contribution in [0.2, 0.25) is 0 Å². The third-order valence-corrected chi connectivity index (χ3v) is 8.94. The number of hydrogen-bond acceptors (Lipinski definition) is 5. The summed E-state index contributed by atoms with van der Waals surface area (Å²) in [6.45, 7) is 5.80. The molecule has 4 amide bonds. The molecule has 45 heavy (non-hydrogen) atoms. The summed E-state index contributed by atoms with van der Waals surface area (Å²) in [5.74, 6) is -2.60. The zero-order valence-corrected chi connectivity index (χ0v) is 25.6. The van der Waals surface area contributed by atoms with Crippen LogP contribution in [0.25, 0.3) is 0 Å². The van der Waals surface area contributed by atoms with E-state index in [-0.39, 0.29) is 24.5 Å². The maximum Gasteiger partial charge on any atom is 0.419 e. The van der Waals surface area contributed by atoms with Crippen LogP contribution in [0.4, 0.5) is 28.0 Å². The maximum absolute atomic E-state index is 13.8. The smallest absolute Gasteiger partial charge is 0.381 e. The number of carbonyl (C=O) groups is 3. The van der Waals surface area contributed by atoms with Crippen LogP contribution in [0.5, 0.6) is 0 Å². The van der Waals surface area contributed by atoms with E-state index in [0.29, 0.717) is 17.7 Å². The van der Waals surface area contributed by atoms with Gasteiger partial charge in [-0.25, -0.2) is 9.18 Å². The molecular weight excluding hydrogens is 612 g/mol. The lowest BCUT2D eigenvalue weighted by molar-refractivity contribution is -0.147. The first-order valence-electron chi connectivity index (χ1n) is 14.1. The fourth-order valence-electron chi connectivity index (χ4n) is 5.11. The lowest BCUT2D eigenvalue weighted by atomic mass is 9.97. The average molecular weight is 647 g/mol. The van der Waals surface area contributed by atoms with Crippen LogP contribution in [0.15, 0.2) is 72.8 Å². The van der Waals surface area contributed by atoms with Crippen molar-refractivity contribution < 1.29 is 37.1 Å². The quantitative estimate of drug-likeness (QED) is 0.238. The highest BCUT2D eigenvalue weighted by molar-refractivity contribution is 8.00. The fourth-order valence-corrected chi connectivity index (χ4v) is 6.25. The molecule has 0 radical (unpaired) electrons. The number of anilines is 1. The third-order valence-electron chi connectivity index (χ3n) is 7.57. The first-order chi connectivity index (χ1) is 21.2. The Balaban J connectivity index is 1.53. The summed E-state index contributed by atoms with van der Waals surface area (Å²) < 4.78 is 52.6. The highest BCUT2D eigenvalue weighted by atomic mass is 32.2. The minimum atomic E-state index is -4.99. The number of aryl methyl sites for hydroxylation is 1. The van der Waals surface area contributed by atoms with Crippen molar-refractivity contribution >= 4 is 35.3 Å². The van der Waals surface area contributed by atoms with Crippen LogP contribution in [-0.4, -0.2) is 56.7 Å². The number of hydrogen-bond donors (Lipinski definition) is 4. The number of nitrogens with one attached hydrogen (secondary N) is 3. The van der Waals surface area contributed by atoms with Gasteiger partial charge in [0, 0.05) is 17.0 Å². The molecule has 8 nitrogen and oxygen atoms in total. The first-order valence-corrected chi connectivity index (χ1v) is 15.1. The van der Waals surface area contributed by atoms with Crippen LogP contribution in [0.1, 0.15) is 36.1 Å². The van der Waals surface area contributed by atoms with Gasteiger partial charge in [0.05, 0.1) is 17.5 Å². The van der Waals surface area contributed by atoms with E-state index in [1.165, 1.54) is 16.7 Å². The lowest BCUT2D eigenvalue weighted by Gasteiger charge is -2.33. The molecule has 4 rings (SSSR count). The van der Waals surface area contributed by atoms with Gasteiger partial charge in [-0.1, -0.05) is 54.6 Å². The molecule has 0 aromatic heterocycles. The number of halogens is 4. The number of benzene rings is 3. The summed E-state index contributed by atoms with van der Waals surface area (Å²) in [5, 5.41) is 18.9. The number of urea groups is 1. The van der Waals surface area contributed by atoms with Crippen LogP contribution >= 0.6 is 11.8 Å². The lowest BCUT2D eigenvalue weighted by Crippen LogP contribution is -2.59. The van der Waals surface area contributed by atoms with Crippen molar-refractivity contribution in [2.45, 2.75) is 62.8 Å². The molecule has 3 aromatic carbocycles. The van der Waals surface area contributed by atoms with Crippen molar-refractivity contribution in [1.29, 1.82) is 0 Å². The Bertz CT molecular complexity index is 1540. The zero-order chi connectivity index (χ0) is 32.9. The highest BCUT2D eigenvalue weighted by Crippen LogP contribution is 2.40. The number of carbonyl (C=O) groups excluding carboxylic acids is 3. The second kappa shape index (κ2) is 13.9. The molecular formula is C32H34F4N4O4S. The molecule has 240 valence electrons. The Morgan fingerprint density at radius 1 is 1.04 bits per heavy atom. The number of aliphatic hydroxyl groups is 1. The van der Waals surface area contributed by atoms with Gasteiger partial charge >= 0.3 is 12.2 Å². The van der Waals surface area contributed by atoms with Crippen LogP contribution in [0.3, 0.4) is 0 Å². The van der Waals surface area contributed by atoms with Gasteiger partial charge in [0.25, 0.3) is 5.91 Å². The van der Waals surface area contributed by atoms with E-state index in [1.807, 2.05) is 45.0 Å². The summed E-state index contributed by atoms with van der Waals surface area (Å²) in [5.41, 5.74) is 0.652. The van der Waals surface area contributed by atoms with Crippen molar-refractivity contribution in [3.05, 3.63) is 101 Å². The van der Waals surface area contributed by atoms with Crippen LogP contribution in [0, 0.1) is 12.7 Å². The predicted molar refractivity (Wildman–Crippen MR) is 164 cm³/mol. The van der Waals surface area contributed by atoms with E-state index in [1.54, 1.807) is 30.3 Å². The molecule has 0 bridgehead atoms. The van der Waals surface area contributed by atoms with E-state index in [4.69, 9.17) is 0 Å². The van der Waals surface area contributed by atoms with Gasteiger partial charge in [-0.05, 0) is 62.1 Å². The van der Waals surface area contributed by atoms with Gasteiger partial charge in [0.15, 0.2) is 6.10 Å². The number of nitrogens with zero attached hydrogens (tertiary/aromatic N) is 1. The van der Waals surface area contributed by atoms with Crippen molar-refractivity contribution in [1.82, 2.24) is 15.5 Å². The molecule has 1 saturated heterocycles. The minimum Gasteiger partial charge on any atom is -0.381 e. The van der Waals surface area contributed by atoms with Crippen molar-refractivity contribution in [3.8, 4) is 0 Å². The summed E-state index contributed by atoms with van der Waals surface area (Å²) in [4.78, 5) is 41.4. The van der Waals surface area contributed by atoms with Crippen molar-refractivity contribution in [2.75, 3.05) is 11.2 Å². The molecule has 0 saturated carbocycles. The summed E-state index contributed by atoms with van der Waals surface area (Å²) in [6.07, 6.45) is -6.83. The van der Waals surface area contributed by atoms with E-state index >= 15 is 0 Å². The molecule has 0 spiro atoms. The molecule has 3 atom stereocenters. The Hall–Kier alpha value is -4.10. The van der Waals surface area contributed by atoms with E-state index in [2.05, 4.69) is 16.0 Å². The average Bonchev–Trinajstić information content (AvgIpc) is 3.31. The molecule has 1 aliphatic heterocycles. The standard InChI is InChI=1S/C32H34F4N4O4S/c1-19-9-7-8-12-21(19)17-37-28(42)27-31(2,3)45-18-40(27)29(43)26(41)25(15-20-10-5-4-6-11-20)39-30(44)38-22-13-14-24(33)23(16-22)32(34,35)36/h4-14,16,25-27,41H,15,17-18H2,1-3H3,(H,37,42)(H2,38,39,44)/t25-,26-,27+/m0/s1. The van der Waals surface area contributed by atoms with E-state index in [0.717, 1.165) is 17.2 Å². The largest absolute Gasteiger partial charge is 0.419 e. The van der Waals surface area contributed by atoms with Crippen LogP contribution < -0.4 is 16.0 Å². The van der Waals surface area contributed by atoms with Gasteiger partial charge in [-0.3, -0.25) is 9.59 Å².